The molecule has 3 aromatic heterocycles. The molecule has 4 atom stereocenters. The Kier molecular flexibility index (Phi) is 7.77. The first-order chi connectivity index (χ1) is 19.0. The Labute approximate surface area is 230 Å². The Balaban J connectivity index is 1.45. The number of benzene rings is 1. The molecule has 0 bridgehead atoms. The highest BCUT2D eigenvalue weighted by Gasteiger charge is 2.41. The second kappa shape index (κ2) is 11.1. The zero-order valence-electron chi connectivity index (χ0n) is 21.5. The van der Waals surface area contributed by atoms with E-state index in [4.69, 9.17) is 4.98 Å². The van der Waals surface area contributed by atoms with Crippen molar-refractivity contribution in [3.8, 4) is 16.3 Å². The van der Waals surface area contributed by atoms with Crippen LogP contribution < -0.4 is 15.4 Å². The third kappa shape index (κ3) is 5.94. The Morgan fingerprint density at radius 1 is 1.02 bits per heavy atom. The first-order valence-corrected chi connectivity index (χ1v) is 13.3. The highest BCUT2D eigenvalue weighted by atomic mass is 32.1. The number of hydrogen-bond donors (Lipinski definition) is 5. The van der Waals surface area contributed by atoms with Crippen LogP contribution in [0.1, 0.15) is 23.4 Å². The molecule has 1 saturated carbocycles. The summed E-state index contributed by atoms with van der Waals surface area (Å²) in [5.74, 6) is -0.190. The van der Waals surface area contributed by atoms with Crippen molar-refractivity contribution in [3.05, 3.63) is 53.5 Å². The summed E-state index contributed by atoms with van der Waals surface area (Å²) in [6.07, 6.45) is -4.96. The summed E-state index contributed by atoms with van der Waals surface area (Å²) in [4.78, 5) is 18.3. The van der Waals surface area contributed by atoms with Gasteiger partial charge in [-0.3, -0.25) is 4.98 Å². The van der Waals surface area contributed by atoms with Crippen molar-refractivity contribution in [2.24, 2.45) is 5.92 Å². The number of aryl methyl sites for hydroxylation is 2. The average Bonchev–Trinajstić information content (AvgIpc) is 3.44. The fraction of sp³-hybridized carbons (Fsp3) is 0.385. The van der Waals surface area contributed by atoms with Crippen LogP contribution in [0.5, 0.6) is 5.75 Å². The molecule has 10 nitrogen and oxygen atoms in total. The van der Waals surface area contributed by atoms with Gasteiger partial charge in [0.15, 0.2) is 0 Å². The van der Waals surface area contributed by atoms with E-state index in [1.54, 1.807) is 13.1 Å². The van der Waals surface area contributed by atoms with Gasteiger partial charge in [0.2, 0.25) is 5.95 Å². The molecule has 212 valence electrons. The van der Waals surface area contributed by atoms with Gasteiger partial charge >= 0.3 is 6.36 Å². The van der Waals surface area contributed by atoms with Crippen molar-refractivity contribution >= 4 is 33.3 Å². The minimum absolute atomic E-state index is 0.216. The fourth-order valence-electron chi connectivity index (χ4n) is 4.72. The largest absolute Gasteiger partial charge is 0.573 e. The standard InChI is InChI=1S/C26H27F3N6O4S/c1-12-19(24-34-20-13(2)30-8-7-18(20)40-24)23(33-17-9-15(11-36)21(37)22(17)38)35-25(32-12)31-10-14-3-5-16(6-4-14)39-26(27,28)29/h3-8,15,17,21-22,36-38H,9-11H2,1-2H3,(H2,31,32,33,35)/t15-,17-,21-,22+/m1/s1. The molecule has 5 rings (SSSR count). The quantitative estimate of drug-likeness (QED) is 0.210. The molecule has 0 amide bonds. The second-order valence-electron chi connectivity index (χ2n) is 9.57. The molecule has 0 spiro atoms. The number of halogens is 3. The summed E-state index contributed by atoms with van der Waals surface area (Å²) in [6, 6.07) is 6.72. The Morgan fingerprint density at radius 3 is 2.42 bits per heavy atom. The van der Waals surface area contributed by atoms with Crippen LogP contribution in [0.4, 0.5) is 24.9 Å². The summed E-state index contributed by atoms with van der Waals surface area (Å²) >= 11 is 1.44. The summed E-state index contributed by atoms with van der Waals surface area (Å²) in [5, 5.41) is 37.5. The normalized spacial score (nSPS) is 21.1. The molecule has 4 aromatic rings. The number of aliphatic hydroxyl groups excluding tert-OH is 3. The van der Waals surface area contributed by atoms with Crippen molar-refractivity contribution in [1.29, 1.82) is 0 Å². The van der Waals surface area contributed by atoms with Crippen molar-refractivity contribution in [1.82, 2.24) is 19.9 Å². The van der Waals surface area contributed by atoms with Gasteiger partial charge < -0.3 is 30.7 Å². The average molecular weight is 577 g/mol. The number of pyridine rings is 1. The SMILES string of the molecule is Cc1nc(NCc2ccc(OC(F)(F)F)cc2)nc(N[C@@H]2C[C@H](CO)[C@@H](O)[C@H]2O)c1-c1nc2c(C)nccc2s1. The van der Waals surface area contributed by atoms with E-state index in [0.29, 0.717) is 34.1 Å². The molecule has 1 aliphatic carbocycles. The summed E-state index contributed by atoms with van der Waals surface area (Å²) in [5.41, 5.74) is 3.41. The maximum Gasteiger partial charge on any atom is 0.573 e. The molecule has 0 radical (unpaired) electrons. The molecule has 14 heteroatoms. The number of alkyl halides is 3. The van der Waals surface area contributed by atoms with Crippen LogP contribution in [0.2, 0.25) is 0 Å². The van der Waals surface area contributed by atoms with E-state index in [1.807, 2.05) is 13.0 Å². The molecular formula is C26H27F3N6O4S. The second-order valence-corrected chi connectivity index (χ2v) is 10.6. The van der Waals surface area contributed by atoms with E-state index in [-0.39, 0.29) is 24.8 Å². The third-order valence-electron chi connectivity index (χ3n) is 6.76. The van der Waals surface area contributed by atoms with Gasteiger partial charge in [0, 0.05) is 25.3 Å². The molecule has 1 fully saturated rings. The van der Waals surface area contributed by atoms with Gasteiger partial charge in [-0.05, 0) is 44.0 Å². The van der Waals surface area contributed by atoms with Crippen molar-refractivity contribution < 1.29 is 33.2 Å². The van der Waals surface area contributed by atoms with Crippen LogP contribution in [0.3, 0.4) is 0 Å². The molecule has 0 unspecified atom stereocenters. The minimum atomic E-state index is -4.77. The number of rotatable bonds is 8. The minimum Gasteiger partial charge on any atom is -0.406 e. The zero-order valence-corrected chi connectivity index (χ0v) is 22.3. The van der Waals surface area contributed by atoms with Crippen LogP contribution in [-0.2, 0) is 6.54 Å². The van der Waals surface area contributed by atoms with E-state index >= 15 is 0 Å². The third-order valence-corrected chi connectivity index (χ3v) is 7.80. The van der Waals surface area contributed by atoms with Crippen LogP contribution in [0.15, 0.2) is 36.5 Å². The van der Waals surface area contributed by atoms with Crippen LogP contribution in [0.25, 0.3) is 20.8 Å². The van der Waals surface area contributed by atoms with E-state index in [2.05, 4.69) is 30.3 Å². The van der Waals surface area contributed by atoms with Gasteiger partial charge in [0.05, 0.1) is 33.8 Å². The Morgan fingerprint density at radius 2 is 1.77 bits per heavy atom. The Bertz CT molecular complexity index is 1500. The van der Waals surface area contributed by atoms with Crippen LogP contribution in [0, 0.1) is 19.8 Å². The van der Waals surface area contributed by atoms with Crippen molar-refractivity contribution in [2.75, 3.05) is 17.2 Å². The van der Waals surface area contributed by atoms with Gasteiger partial charge in [0.1, 0.15) is 28.2 Å². The first kappa shape index (κ1) is 28.0. The molecule has 5 N–H and O–H groups in total. The van der Waals surface area contributed by atoms with Crippen LogP contribution in [-0.4, -0.2) is 66.5 Å². The van der Waals surface area contributed by atoms with E-state index in [9.17, 15) is 28.5 Å². The van der Waals surface area contributed by atoms with Crippen LogP contribution >= 0.6 is 11.3 Å². The maximum absolute atomic E-state index is 12.4. The van der Waals surface area contributed by atoms with E-state index in [0.717, 1.165) is 15.9 Å². The number of fused-ring (bicyclic) bond motifs is 1. The fourth-order valence-corrected chi connectivity index (χ4v) is 5.83. The van der Waals surface area contributed by atoms with E-state index < -0.39 is 30.5 Å². The van der Waals surface area contributed by atoms with Gasteiger partial charge in [-0.1, -0.05) is 12.1 Å². The zero-order chi connectivity index (χ0) is 28.6. The Hall–Kier alpha value is -3.59. The van der Waals surface area contributed by atoms with Gasteiger partial charge in [-0.15, -0.1) is 24.5 Å². The van der Waals surface area contributed by atoms with Gasteiger partial charge in [-0.25, -0.2) is 9.97 Å². The monoisotopic (exact) mass is 576 g/mol. The number of anilines is 2. The molecule has 0 saturated heterocycles. The molecule has 40 heavy (non-hydrogen) atoms. The molecule has 1 aliphatic rings. The molecule has 1 aromatic carbocycles. The molecular weight excluding hydrogens is 549 g/mol. The predicted octanol–water partition coefficient (Wildman–Crippen LogP) is 3.79. The van der Waals surface area contributed by atoms with E-state index in [1.165, 1.54) is 35.6 Å². The smallest absolute Gasteiger partial charge is 0.406 e. The number of aromatic nitrogens is 4. The maximum atomic E-state index is 12.4. The topological polar surface area (TPSA) is 146 Å². The number of nitrogens with zero attached hydrogens (tertiary/aromatic N) is 4. The van der Waals surface area contributed by atoms with Gasteiger partial charge in [-0.2, -0.15) is 4.98 Å². The predicted molar refractivity (Wildman–Crippen MR) is 143 cm³/mol. The lowest BCUT2D eigenvalue weighted by Gasteiger charge is -2.21. The van der Waals surface area contributed by atoms with Gasteiger partial charge in [0.25, 0.3) is 0 Å². The summed E-state index contributed by atoms with van der Waals surface area (Å²) in [7, 11) is 0. The van der Waals surface area contributed by atoms with Crippen molar-refractivity contribution in [3.63, 3.8) is 0 Å². The number of aliphatic hydroxyl groups is 3. The highest BCUT2D eigenvalue weighted by Crippen LogP contribution is 2.38. The summed E-state index contributed by atoms with van der Waals surface area (Å²) in [6.45, 7) is 3.61. The number of ether oxygens (including phenoxy) is 1. The lowest BCUT2D eigenvalue weighted by Crippen LogP contribution is -2.35. The summed E-state index contributed by atoms with van der Waals surface area (Å²) < 4.78 is 42.2. The number of hydrogen-bond acceptors (Lipinski definition) is 11. The molecule has 3 heterocycles. The highest BCUT2D eigenvalue weighted by molar-refractivity contribution is 7.21. The lowest BCUT2D eigenvalue weighted by atomic mass is 10.1. The first-order valence-electron chi connectivity index (χ1n) is 12.5. The number of thiazole rings is 1. The number of nitrogens with one attached hydrogen (secondary N) is 2. The lowest BCUT2D eigenvalue weighted by molar-refractivity contribution is -0.274. The molecule has 0 aliphatic heterocycles. The van der Waals surface area contributed by atoms with Crippen molar-refractivity contribution in [2.45, 2.75) is 51.4 Å².